The number of aliphatic hydroxyl groups is 1. The monoisotopic (exact) mass is 356 g/mol. The number of nitrogens with zero attached hydrogens (tertiary/aromatic N) is 2. The molecule has 1 aliphatic heterocycles. The lowest BCUT2D eigenvalue weighted by atomic mass is 9.87. The zero-order valence-electron chi connectivity index (χ0n) is 15.9. The van der Waals surface area contributed by atoms with E-state index < -0.39 is 5.60 Å². The van der Waals surface area contributed by atoms with Crippen molar-refractivity contribution in [2.45, 2.75) is 38.5 Å². The maximum atomic E-state index is 11.0. The molecule has 0 amide bonds. The first-order valence-electron chi connectivity index (χ1n) is 9.06. The maximum absolute atomic E-state index is 11.0. The van der Waals surface area contributed by atoms with Crippen molar-refractivity contribution in [1.82, 2.24) is 9.88 Å². The third-order valence-electron chi connectivity index (χ3n) is 5.12. The number of aromatic nitrogens is 1. The SMILES string of the molecule is COCc1cc(CN2CCC(O)(c3ccc(C)cn3)CC2)ccc1OC. The summed E-state index contributed by atoms with van der Waals surface area (Å²) in [5, 5.41) is 11.0. The summed E-state index contributed by atoms with van der Waals surface area (Å²) in [6, 6.07) is 10.2. The van der Waals surface area contributed by atoms with Crippen molar-refractivity contribution < 1.29 is 14.6 Å². The van der Waals surface area contributed by atoms with Gasteiger partial charge in [-0.3, -0.25) is 9.88 Å². The number of likely N-dealkylation sites (tertiary alicyclic amines) is 1. The first-order chi connectivity index (χ1) is 12.5. The summed E-state index contributed by atoms with van der Waals surface area (Å²) >= 11 is 0. The van der Waals surface area contributed by atoms with Crippen molar-refractivity contribution in [3.8, 4) is 5.75 Å². The highest BCUT2D eigenvalue weighted by Crippen LogP contribution is 2.32. The second-order valence-corrected chi connectivity index (χ2v) is 7.11. The van der Waals surface area contributed by atoms with Crippen LogP contribution in [-0.2, 0) is 23.5 Å². The highest BCUT2D eigenvalue weighted by atomic mass is 16.5. The largest absolute Gasteiger partial charge is 0.496 e. The number of ether oxygens (including phenoxy) is 2. The number of rotatable bonds is 6. The summed E-state index contributed by atoms with van der Waals surface area (Å²) in [6.45, 7) is 5.10. The third-order valence-corrected chi connectivity index (χ3v) is 5.12. The molecule has 5 heteroatoms. The maximum Gasteiger partial charge on any atom is 0.124 e. The molecule has 0 aliphatic carbocycles. The molecule has 2 heterocycles. The van der Waals surface area contributed by atoms with Crippen LogP contribution in [-0.4, -0.2) is 42.3 Å². The summed E-state index contributed by atoms with van der Waals surface area (Å²) in [7, 11) is 3.37. The predicted molar refractivity (Wildman–Crippen MR) is 101 cm³/mol. The molecule has 0 spiro atoms. The van der Waals surface area contributed by atoms with Crippen LogP contribution in [0.15, 0.2) is 36.5 Å². The first-order valence-corrected chi connectivity index (χ1v) is 9.06. The molecule has 140 valence electrons. The molecule has 1 fully saturated rings. The Labute approximate surface area is 155 Å². The van der Waals surface area contributed by atoms with Crippen LogP contribution < -0.4 is 4.74 Å². The number of benzene rings is 1. The Kier molecular flexibility index (Phi) is 5.91. The van der Waals surface area contributed by atoms with Gasteiger partial charge in [0.1, 0.15) is 11.4 Å². The molecule has 1 aromatic heterocycles. The topological polar surface area (TPSA) is 54.8 Å². The van der Waals surface area contributed by atoms with E-state index in [1.54, 1.807) is 14.2 Å². The zero-order chi connectivity index (χ0) is 18.6. The normalized spacial score (nSPS) is 17.2. The van der Waals surface area contributed by atoms with Gasteiger partial charge < -0.3 is 14.6 Å². The fraction of sp³-hybridized carbons (Fsp3) is 0.476. The van der Waals surface area contributed by atoms with Crippen LogP contribution >= 0.6 is 0 Å². The van der Waals surface area contributed by atoms with Crippen LogP contribution in [0.3, 0.4) is 0 Å². The van der Waals surface area contributed by atoms with Gasteiger partial charge in [0, 0.05) is 38.5 Å². The number of piperidine rings is 1. The second kappa shape index (κ2) is 8.16. The fourth-order valence-electron chi connectivity index (χ4n) is 3.54. The van der Waals surface area contributed by atoms with Gasteiger partial charge in [-0.1, -0.05) is 12.1 Å². The van der Waals surface area contributed by atoms with Crippen LogP contribution in [0.25, 0.3) is 0 Å². The molecule has 0 atom stereocenters. The van der Waals surface area contributed by atoms with Crippen molar-refractivity contribution in [2.75, 3.05) is 27.3 Å². The molecule has 3 rings (SSSR count). The average Bonchev–Trinajstić information content (AvgIpc) is 2.65. The minimum Gasteiger partial charge on any atom is -0.496 e. The van der Waals surface area contributed by atoms with Gasteiger partial charge in [-0.05, 0) is 49.1 Å². The van der Waals surface area contributed by atoms with E-state index in [1.807, 2.05) is 31.3 Å². The van der Waals surface area contributed by atoms with Crippen LogP contribution in [0, 0.1) is 6.92 Å². The summed E-state index contributed by atoms with van der Waals surface area (Å²) < 4.78 is 10.7. The molecule has 0 bridgehead atoms. The number of pyridine rings is 1. The average molecular weight is 356 g/mol. The van der Waals surface area contributed by atoms with Crippen LogP contribution in [0.5, 0.6) is 5.75 Å². The lowest BCUT2D eigenvalue weighted by Gasteiger charge is -2.38. The smallest absolute Gasteiger partial charge is 0.124 e. The number of methoxy groups -OCH3 is 2. The number of hydrogen-bond donors (Lipinski definition) is 1. The summed E-state index contributed by atoms with van der Waals surface area (Å²) in [5.41, 5.74) is 3.38. The highest BCUT2D eigenvalue weighted by molar-refractivity contribution is 5.37. The van der Waals surface area contributed by atoms with E-state index in [1.165, 1.54) is 5.56 Å². The lowest BCUT2D eigenvalue weighted by molar-refractivity contribution is -0.0311. The quantitative estimate of drug-likeness (QED) is 0.862. The van der Waals surface area contributed by atoms with Gasteiger partial charge in [-0.2, -0.15) is 0 Å². The Morgan fingerprint density at radius 3 is 2.54 bits per heavy atom. The molecule has 1 saturated heterocycles. The minimum absolute atomic E-state index is 0.538. The minimum atomic E-state index is -0.814. The molecule has 1 N–H and O–H groups in total. The fourth-order valence-corrected chi connectivity index (χ4v) is 3.54. The van der Waals surface area contributed by atoms with E-state index in [-0.39, 0.29) is 0 Å². The van der Waals surface area contributed by atoms with Gasteiger partial charge in [0.15, 0.2) is 0 Å². The van der Waals surface area contributed by atoms with Gasteiger partial charge in [0.05, 0.1) is 19.4 Å². The Hall–Kier alpha value is -1.95. The Balaban J connectivity index is 1.63. The summed E-state index contributed by atoms with van der Waals surface area (Å²) in [5.74, 6) is 0.856. The van der Waals surface area contributed by atoms with Crippen molar-refractivity contribution in [1.29, 1.82) is 0 Å². The molecule has 1 aliphatic rings. The zero-order valence-corrected chi connectivity index (χ0v) is 15.9. The Morgan fingerprint density at radius 2 is 1.92 bits per heavy atom. The molecule has 1 aromatic carbocycles. The van der Waals surface area contributed by atoms with Crippen LogP contribution in [0.4, 0.5) is 0 Å². The van der Waals surface area contributed by atoms with Gasteiger partial charge >= 0.3 is 0 Å². The first kappa shape index (κ1) is 18.8. The van der Waals surface area contributed by atoms with Crippen molar-refractivity contribution in [3.05, 3.63) is 58.9 Å². The third kappa shape index (κ3) is 4.23. The van der Waals surface area contributed by atoms with Gasteiger partial charge in [-0.25, -0.2) is 0 Å². The van der Waals surface area contributed by atoms with Crippen LogP contribution in [0.2, 0.25) is 0 Å². The van der Waals surface area contributed by atoms with E-state index in [0.717, 1.165) is 42.2 Å². The molecule has 26 heavy (non-hydrogen) atoms. The molecule has 5 nitrogen and oxygen atoms in total. The molecular formula is C21H28N2O3. The van der Waals surface area contributed by atoms with Gasteiger partial charge in [-0.15, -0.1) is 0 Å². The van der Waals surface area contributed by atoms with E-state index >= 15 is 0 Å². The molecule has 0 saturated carbocycles. The highest BCUT2D eigenvalue weighted by Gasteiger charge is 2.35. The summed E-state index contributed by atoms with van der Waals surface area (Å²) in [6.07, 6.45) is 3.22. The number of aryl methyl sites for hydroxylation is 1. The number of hydrogen-bond acceptors (Lipinski definition) is 5. The van der Waals surface area contributed by atoms with E-state index in [9.17, 15) is 5.11 Å². The van der Waals surface area contributed by atoms with E-state index in [4.69, 9.17) is 9.47 Å². The Bertz CT molecular complexity index is 723. The van der Waals surface area contributed by atoms with Gasteiger partial charge in [0.25, 0.3) is 0 Å². The molecular weight excluding hydrogens is 328 g/mol. The lowest BCUT2D eigenvalue weighted by Crippen LogP contribution is -2.42. The van der Waals surface area contributed by atoms with E-state index in [0.29, 0.717) is 19.4 Å². The van der Waals surface area contributed by atoms with E-state index in [2.05, 4.69) is 22.0 Å². The van der Waals surface area contributed by atoms with Crippen LogP contribution in [0.1, 0.15) is 35.2 Å². The molecule has 2 aromatic rings. The van der Waals surface area contributed by atoms with Crippen molar-refractivity contribution in [3.63, 3.8) is 0 Å². The predicted octanol–water partition coefficient (Wildman–Crippen LogP) is 3.03. The summed E-state index contributed by atoms with van der Waals surface area (Å²) in [4.78, 5) is 6.81. The Morgan fingerprint density at radius 1 is 1.15 bits per heavy atom. The van der Waals surface area contributed by atoms with Crippen molar-refractivity contribution in [2.24, 2.45) is 0 Å². The second-order valence-electron chi connectivity index (χ2n) is 7.11. The van der Waals surface area contributed by atoms with Crippen molar-refractivity contribution >= 4 is 0 Å². The standard InChI is InChI=1S/C21H28N2O3/c1-16-4-7-20(22-13-16)21(24)8-10-23(11-9-21)14-17-5-6-19(26-3)18(12-17)15-25-2/h4-7,12-13,24H,8-11,14-15H2,1-3H3. The van der Waals surface area contributed by atoms with Gasteiger partial charge in [0.2, 0.25) is 0 Å². The molecule has 0 radical (unpaired) electrons. The molecule has 0 unspecified atom stereocenters.